The average Bonchev–Trinajstić information content (AvgIpc) is 1.87. The van der Waals surface area contributed by atoms with Crippen LogP contribution in [0.5, 0.6) is 0 Å². The largest absolute Gasteiger partial charge is 0.0914 e. The average molecular weight is 154 g/mol. The monoisotopic (exact) mass is 154 g/mol. The van der Waals surface area contributed by atoms with Crippen molar-refractivity contribution in [3.05, 3.63) is 12.2 Å². The van der Waals surface area contributed by atoms with E-state index in [1.807, 2.05) is 0 Å². The quantitative estimate of drug-likeness (QED) is 0.524. The van der Waals surface area contributed by atoms with Crippen molar-refractivity contribution in [3.8, 4) is 0 Å². The van der Waals surface area contributed by atoms with Crippen LogP contribution in [0.2, 0.25) is 0 Å². The second-order valence-electron chi connectivity index (χ2n) is 3.63. The van der Waals surface area contributed by atoms with Crippen molar-refractivity contribution < 1.29 is 0 Å². The molecule has 0 aromatic rings. The van der Waals surface area contributed by atoms with Crippen molar-refractivity contribution in [2.24, 2.45) is 11.8 Å². The predicted octanol–water partition coefficient (Wildman–Crippen LogP) is 4.02. The summed E-state index contributed by atoms with van der Waals surface area (Å²) in [7, 11) is 0. The van der Waals surface area contributed by atoms with Gasteiger partial charge in [-0.2, -0.15) is 0 Å². The SMILES string of the molecule is CC=CC(C)CC(C)CCC. The maximum Gasteiger partial charge on any atom is -0.0260 e. The lowest BCUT2D eigenvalue weighted by Gasteiger charge is -2.12. The summed E-state index contributed by atoms with van der Waals surface area (Å²) in [5.41, 5.74) is 0. The van der Waals surface area contributed by atoms with E-state index >= 15 is 0 Å². The highest BCUT2D eigenvalue weighted by atomic mass is 14.1. The molecular weight excluding hydrogens is 132 g/mol. The van der Waals surface area contributed by atoms with E-state index in [1.54, 1.807) is 0 Å². The molecule has 0 aromatic carbocycles. The van der Waals surface area contributed by atoms with Crippen LogP contribution in [0, 0.1) is 11.8 Å². The zero-order chi connectivity index (χ0) is 8.69. The minimum Gasteiger partial charge on any atom is -0.0914 e. The van der Waals surface area contributed by atoms with Crippen LogP contribution in [0.1, 0.15) is 47.0 Å². The molecule has 0 aliphatic rings. The maximum absolute atomic E-state index is 2.35. The first-order valence-electron chi connectivity index (χ1n) is 4.83. The van der Waals surface area contributed by atoms with Crippen LogP contribution in [0.4, 0.5) is 0 Å². The molecule has 0 heteroatoms. The summed E-state index contributed by atoms with van der Waals surface area (Å²) in [6.07, 6.45) is 8.50. The van der Waals surface area contributed by atoms with Gasteiger partial charge >= 0.3 is 0 Å². The van der Waals surface area contributed by atoms with Gasteiger partial charge in [0.2, 0.25) is 0 Å². The molecule has 2 atom stereocenters. The van der Waals surface area contributed by atoms with Gasteiger partial charge in [0.05, 0.1) is 0 Å². The predicted molar refractivity (Wildman–Crippen MR) is 52.7 cm³/mol. The lowest BCUT2D eigenvalue weighted by molar-refractivity contribution is 0.434. The summed E-state index contributed by atoms with van der Waals surface area (Å²) in [5.74, 6) is 1.66. The van der Waals surface area contributed by atoms with Gasteiger partial charge in [0.25, 0.3) is 0 Å². The fraction of sp³-hybridized carbons (Fsp3) is 0.818. The van der Waals surface area contributed by atoms with E-state index in [4.69, 9.17) is 0 Å². The van der Waals surface area contributed by atoms with Gasteiger partial charge in [0.15, 0.2) is 0 Å². The lowest BCUT2D eigenvalue weighted by atomic mass is 9.94. The molecule has 11 heavy (non-hydrogen) atoms. The fourth-order valence-electron chi connectivity index (χ4n) is 1.65. The summed E-state index contributed by atoms with van der Waals surface area (Å²) in [5, 5.41) is 0. The van der Waals surface area contributed by atoms with E-state index in [0.29, 0.717) is 0 Å². The van der Waals surface area contributed by atoms with Crippen molar-refractivity contribution in [1.82, 2.24) is 0 Å². The van der Waals surface area contributed by atoms with Crippen LogP contribution in [0.3, 0.4) is 0 Å². The Morgan fingerprint density at radius 2 is 1.91 bits per heavy atom. The number of rotatable bonds is 5. The fourth-order valence-corrected chi connectivity index (χ4v) is 1.65. The summed E-state index contributed by atoms with van der Waals surface area (Å²) < 4.78 is 0. The van der Waals surface area contributed by atoms with Crippen LogP contribution in [0.25, 0.3) is 0 Å². The molecule has 66 valence electrons. The first-order valence-corrected chi connectivity index (χ1v) is 4.83. The van der Waals surface area contributed by atoms with Gasteiger partial charge in [-0.05, 0) is 25.2 Å². The Labute approximate surface area is 71.7 Å². The van der Waals surface area contributed by atoms with Crippen molar-refractivity contribution in [2.45, 2.75) is 47.0 Å². The second-order valence-corrected chi connectivity index (χ2v) is 3.63. The molecule has 0 bridgehead atoms. The number of hydrogen-bond acceptors (Lipinski definition) is 0. The highest BCUT2D eigenvalue weighted by Gasteiger charge is 2.04. The van der Waals surface area contributed by atoms with Crippen molar-refractivity contribution >= 4 is 0 Å². The van der Waals surface area contributed by atoms with E-state index in [1.165, 1.54) is 19.3 Å². The highest BCUT2D eigenvalue weighted by Crippen LogP contribution is 2.17. The molecular formula is C11H22. The smallest absolute Gasteiger partial charge is 0.0260 e. The van der Waals surface area contributed by atoms with Gasteiger partial charge in [0, 0.05) is 0 Å². The Kier molecular flexibility index (Phi) is 6.30. The first-order chi connectivity index (χ1) is 5.20. The Balaban J connectivity index is 3.48. The molecule has 2 unspecified atom stereocenters. The van der Waals surface area contributed by atoms with E-state index in [0.717, 1.165) is 11.8 Å². The summed E-state index contributed by atoms with van der Waals surface area (Å²) in [4.78, 5) is 0. The van der Waals surface area contributed by atoms with Crippen LogP contribution in [-0.2, 0) is 0 Å². The Hall–Kier alpha value is -0.260. The molecule has 0 amide bonds. The third-order valence-corrected chi connectivity index (χ3v) is 2.08. The van der Waals surface area contributed by atoms with Crippen LogP contribution in [-0.4, -0.2) is 0 Å². The topological polar surface area (TPSA) is 0 Å². The molecule has 0 saturated heterocycles. The Bertz CT molecular complexity index is 103. The molecule has 0 spiro atoms. The minimum atomic E-state index is 0.765. The van der Waals surface area contributed by atoms with Gasteiger partial charge in [0.1, 0.15) is 0 Å². The molecule has 0 saturated carbocycles. The standard InChI is InChI=1S/C11H22/c1-5-7-10(3)9-11(4)8-6-2/h5,7,10-11H,6,8-9H2,1-4H3. The zero-order valence-electron chi connectivity index (χ0n) is 8.43. The van der Waals surface area contributed by atoms with Gasteiger partial charge in [-0.25, -0.2) is 0 Å². The van der Waals surface area contributed by atoms with Crippen molar-refractivity contribution in [3.63, 3.8) is 0 Å². The number of allylic oxidation sites excluding steroid dienone is 2. The molecule has 0 aromatic heterocycles. The molecule has 0 nitrogen and oxygen atoms in total. The molecule has 0 heterocycles. The maximum atomic E-state index is 2.35. The van der Waals surface area contributed by atoms with Crippen LogP contribution >= 0.6 is 0 Å². The first kappa shape index (κ1) is 10.7. The van der Waals surface area contributed by atoms with Crippen LogP contribution < -0.4 is 0 Å². The molecule has 0 N–H and O–H groups in total. The summed E-state index contributed by atoms with van der Waals surface area (Å²) >= 11 is 0. The molecule has 0 fully saturated rings. The van der Waals surface area contributed by atoms with Crippen LogP contribution in [0.15, 0.2) is 12.2 Å². The summed E-state index contributed by atoms with van der Waals surface area (Å²) in [6, 6.07) is 0. The normalized spacial score (nSPS) is 17.1. The third kappa shape index (κ3) is 6.15. The third-order valence-electron chi connectivity index (χ3n) is 2.08. The zero-order valence-corrected chi connectivity index (χ0v) is 8.43. The summed E-state index contributed by atoms with van der Waals surface area (Å²) in [6.45, 7) is 9.01. The highest BCUT2D eigenvalue weighted by molar-refractivity contribution is 4.83. The van der Waals surface area contributed by atoms with Gasteiger partial charge in [-0.15, -0.1) is 0 Å². The van der Waals surface area contributed by atoms with E-state index < -0.39 is 0 Å². The Morgan fingerprint density at radius 1 is 1.27 bits per heavy atom. The molecule has 0 aliphatic heterocycles. The molecule has 0 rings (SSSR count). The van der Waals surface area contributed by atoms with E-state index in [-0.39, 0.29) is 0 Å². The van der Waals surface area contributed by atoms with E-state index in [9.17, 15) is 0 Å². The molecule has 0 aliphatic carbocycles. The molecule has 0 radical (unpaired) electrons. The number of hydrogen-bond donors (Lipinski definition) is 0. The van der Waals surface area contributed by atoms with E-state index in [2.05, 4.69) is 39.8 Å². The van der Waals surface area contributed by atoms with Gasteiger partial charge in [-0.3, -0.25) is 0 Å². The minimum absolute atomic E-state index is 0.765. The second kappa shape index (κ2) is 6.45. The lowest BCUT2D eigenvalue weighted by Crippen LogP contribution is -2.00. The Morgan fingerprint density at radius 3 is 2.36 bits per heavy atom. The van der Waals surface area contributed by atoms with Gasteiger partial charge in [-0.1, -0.05) is 45.8 Å². The van der Waals surface area contributed by atoms with Gasteiger partial charge < -0.3 is 0 Å². The van der Waals surface area contributed by atoms with Crippen molar-refractivity contribution in [2.75, 3.05) is 0 Å². The van der Waals surface area contributed by atoms with Crippen molar-refractivity contribution in [1.29, 1.82) is 0 Å².